The van der Waals surface area contributed by atoms with Gasteiger partial charge in [-0.25, -0.2) is 0 Å². The van der Waals surface area contributed by atoms with E-state index in [9.17, 15) is 0 Å². The van der Waals surface area contributed by atoms with E-state index in [1.807, 2.05) is 0 Å². The maximum absolute atomic E-state index is 9.11. The Labute approximate surface area is 109 Å². The van der Waals surface area contributed by atoms with E-state index in [-0.39, 0.29) is 12.1 Å². The molecule has 2 heterocycles. The van der Waals surface area contributed by atoms with Crippen molar-refractivity contribution in [3.8, 4) is 0 Å². The van der Waals surface area contributed by atoms with Crippen LogP contribution in [0.4, 0.5) is 0 Å². The summed E-state index contributed by atoms with van der Waals surface area (Å²) < 4.78 is 2.24. The van der Waals surface area contributed by atoms with Crippen molar-refractivity contribution in [2.24, 2.45) is 0 Å². The third kappa shape index (κ3) is 2.90. The summed E-state index contributed by atoms with van der Waals surface area (Å²) in [5.74, 6) is 2.15. The molecule has 5 heteroatoms. The summed E-state index contributed by atoms with van der Waals surface area (Å²) in [7, 11) is 0. The van der Waals surface area contributed by atoms with Gasteiger partial charge in [-0.2, -0.15) is 0 Å². The van der Waals surface area contributed by atoms with Gasteiger partial charge in [0.25, 0.3) is 0 Å². The van der Waals surface area contributed by atoms with Crippen molar-refractivity contribution in [2.75, 3.05) is 6.61 Å². The Morgan fingerprint density at radius 3 is 2.94 bits per heavy atom. The summed E-state index contributed by atoms with van der Waals surface area (Å²) in [6.07, 6.45) is 5.26. The number of aliphatic hydroxyl groups excluding tert-OH is 1. The molecule has 0 amide bonds. The Hall–Kier alpha value is -0.940. The average Bonchev–Trinajstić information content (AvgIpc) is 2.80. The molecule has 0 radical (unpaired) electrons. The van der Waals surface area contributed by atoms with Gasteiger partial charge in [-0.1, -0.05) is 6.92 Å². The topological polar surface area (TPSA) is 63.0 Å². The lowest BCUT2D eigenvalue weighted by atomic mass is 9.95. The van der Waals surface area contributed by atoms with Gasteiger partial charge < -0.3 is 15.0 Å². The molecule has 1 aliphatic rings. The summed E-state index contributed by atoms with van der Waals surface area (Å²) in [6.45, 7) is 6.29. The monoisotopic (exact) mass is 252 g/mol. The van der Waals surface area contributed by atoms with Crippen LogP contribution in [0.25, 0.3) is 0 Å². The number of hydrogen-bond acceptors (Lipinski definition) is 4. The molecule has 102 valence electrons. The standard InChI is InChI=1S/C13H24N4O/c1-3-13(2,7-9-18)14-10-12-16-15-11-6-4-5-8-17(11)12/h14,18H,3-10H2,1-2H3. The molecule has 1 aromatic rings. The van der Waals surface area contributed by atoms with Crippen molar-refractivity contribution in [3.05, 3.63) is 11.6 Å². The van der Waals surface area contributed by atoms with Crippen LogP contribution in [0, 0.1) is 0 Å². The van der Waals surface area contributed by atoms with Gasteiger partial charge in [-0.15, -0.1) is 10.2 Å². The summed E-state index contributed by atoms with van der Waals surface area (Å²) in [4.78, 5) is 0. The van der Waals surface area contributed by atoms with E-state index in [0.717, 1.165) is 44.0 Å². The minimum Gasteiger partial charge on any atom is -0.396 e. The fraction of sp³-hybridized carbons (Fsp3) is 0.846. The Balaban J connectivity index is 1.99. The SMILES string of the molecule is CCC(C)(CCO)NCc1nnc2n1CCCC2. The highest BCUT2D eigenvalue weighted by Gasteiger charge is 2.22. The van der Waals surface area contributed by atoms with Crippen molar-refractivity contribution in [2.45, 2.75) is 64.6 Å². The highest BCUT2D eigenvalue weighted by Crippen LogP contribution is 2.17. The zero-order valence-corrected chi connectivity index (χ0v) is 11.4. The van der Waals surface area contributed by atoms with Gasteiger partial charge in [-0.3, -0.25) is 0 Å². The predicted molar refractivity (Wildman–Crippen MR) is 70.2 cm³/mol. The van der Waals surface area contributed by atoms with Crippen molar-refractivity contribution >= 4 is 0 Å². The summed E-state index contributed by atoms with van der Waals surface area (Å²) in [5.41, 5.74) is -0.0180. The van der Waals surface area contributed by atoms with Crippen LogP contribution in [0.15, 0.2) is 0 Å². The van der Waals surface area contributed by atoms with Crippen molar-refractivity contribution in [3.63, 3.8) is 0 Å². The van der Waals surface area contributed by atoms with Gasteiger partial charge in [-0.05, 0) is 32.6 Å². The third-order valence-corrected chi connectivity index (χ3v) is 4.05. The molecule has 0 saturated heterocycles. The van der Waals surface area contributed by atoms with Gasteiger partial charge in [0.05, 0.1) is 6.54 Å². The van der Waals surface area contributed by atoms with E-state index < -0.39 is 0 Å². The molecule has 0 fully saturated rings. The van der Waals surface area contributed by atoms with Crippen molar-refractivity contribution in [1.82, 2.24) is 20.1 Å². The van der Waals surface area contributed by atoms with Gasteiger partial charge in [0, 0.05) is 25.1 Å². The van der Waals surface area contributed by atoms with E-state index >= 15 is 0 Å². The molecule has 1 atom stereocenters. The van der Waals surface area contributed by atoms with Crippen LogP contribution in [-0.2, 0) is 19.5 Å². The van der Waals surface area contributed by atoms with Crippen LogP contribution in [0.2, 0.25) is 0 Å². The Kier molecular flexibility index (Phi) is 4.35. The maximum atomic E-state index is 9.11. The lowest BCUT2D eigenvalue weighted by Gasteiger charge is -2.29. The number of hydrogen-bond donors (Lipinski definition) is 2. The van der Waals surface area contributed by atoms with Crippen molar-refractivity contribution < 1.29 is 5.11 Å². The van der Waals surface area contributed by atoms with Crippen LogP contribution in [0.3, 0.4) is 0 Å². The second-order valence-corrected chi connectivity index (χ2v) is 5.38. The molecule has 0 bridgehead atoms. The van der Waals surface area contributed by atoms with E-state index in [0.29, 0.717) is 0 Å². The molecule has 18 heavy (non-hydrogen) atoms. The first-order chi connectivity index (χ1) is 8.68. The largest absolute Gasteiger partial charge is 0.396 e. The molecule has 0 spiro atoms. The van der Waals surface area contributed by atoms with Crippen molar-refractivity contribution in [1.29, 1.82) is 0 Å². The number of rotatable bonds is 6. The first-order valence-electron chi connectivity index (χ1n) is 6.95. The van der Waals surface area contributed by atoms with E-state index in [1.54, 1.807) is 0 Å². The third-order valence-electron chi connectivity index (χ3n) is 4.05. The smallest absolute Gasteiger partial charge is 0.147 e. The van der Waals surface area contributed by atoms with Gasteiger partial charge >= 0.3 is 0 Å². The average molecular weight is 252 g/mol. The molecule has 1 unspecified atom stereocenters. The number of aryl methyl sites for hydroxylation is 1. The summed E-state index contributed by atoms with van der Waals surface area (Å²) in [5, 5.41) is 21.2. The Morgan fingerprint density at radius 2 is 2.22 bits per heavy atom. The molecule has 1 aliphatic heterocycles. The van der Waals surface area contributed by atoms with Gasteiger partial charge in [0.15, 0.2) is 0 Å². The lowest BCUT2D eigenvalue weighted by molar-refractivity contribution is 0.213. The van der Waals surface area contributed by atoms with Crippen LogP contribution < -0.4 is 5.32 Å². The van der Waals surface area contributed by atoms with Crippen LogP contribution in [0.1, 0.15) is 51.2 Å². The second-order valence-electron chi connectivity index (χ2n) is 5.38. The van der Waals surface area contributed by atoms with E-state index in [2.05, 4.69) is 33.9 Å². The molecular weight excluding hydrogens is 228 g/mol. The van der Waals surface area contributed by atoms with Gasteiger partial charge in [0.2, 0.25) is 0 Å². The highest BCUT2D eigenvalue weighted by molar-refractivity contribution is 4.99. The number of nitrogens with one attached hydrogen (secondary N) is 1. The fourth-order valence-electron chi connectivity index (χ4n) is 2.43. The van der Waals surface area contributed by atoms with Crippen LogP contribution in [-0.4, -0.2) is 32.0 Å². The fourth-order valence-corrected chi connectivity index (χ4v) is 2.43. The second kappa shape index (κ2) is 5.80. The number of fused-ring (bicyclic) bond motifs is 1. The minimum atomic E-state index is -0.0180. The quantitative estimate of drug-likeness (QED) is 0.800. The molecule has 5 nitrogen and oxygen atoms in total. The zero-order valence-electron chi connectivity index (χ0n) is 11.4. The Morgan fingerprint density at radius 1 is 1.39 bits per heavy atom. The summed E-state index contributed by atoms with van der Waals surface area (Å²) >= 11 is 0. The number of aromatic nitrogens is 3. The number of aliphatic hydroxyl groups is 1. The first kappa shape index (κ1) is 13.5. The van der Waals surface area contributed by atoms with Gasteiger partial charge in [0.1, 0.15) is 11.6 Å². The molecule has 0 saturated carbocycles. The Bertz CT molecular complexity index is 390. The summed E-state index contributed by atoms with van der Waals surface area (Å²) in [6, 6.07) is 0. The molecular formula is C13H24N4O. The van der Waals surface area contributed by atoms with E-state index in [4.69, 9.17) is 5.11 Å². The first-order valence-corrected chi connectivity index (χ1v) is 6.95. The molecule has 1 aromatic heterocycles. The zero-order chi connectivity index (χ0) is 13.0. The number of nitrogens with zero attached hydrogens (tertiary/aromatic N) is 3. The molecule has 2 N–H and O–H groups in total. The molecule has 2 rings (SSSR count). The lowest BCUT2D eigenvalue weighted by Crippen LogP contribution is -2.42. The van der Waals surface area contributed by atoms with E-state index in [1.165, 1.54) is 12.8 Å². The maximum Gasteiger partial charge on any atom is 0.147 e. The van der Waals surface area contributed by atoms with Crippen LogP contribution >= 0.6 is 0 Å². The van der Waals surface area contributed by atoms with Crippen LogP contribution in [0.5, 0.6) is 0 Å². The minimum absolute atomic E-state index is 0.0180. The molecule has 0 aromatic carbocycles. The normalized spacial score (nSPS) is 18.4. The predicted octanol–water partition coefficient (Wildman–Crippen LogP) is 1.26. The highest BCUT2D eigenvalue weighted by atomic mass is 16.3. The molecule has 0 aliphatic carbocycles.